The van der Waals surface area contributed by atoms with E-state index in [9.17, 15) is 4.39 Å². The van der Waals surface area contributed by atoms with Crippen LogP contribution in [0.2, 0.25) is 0 Å². The Morgan fingerprint density at radius 1 is 1.40 bits per heavy atom. The smallest absolute Gasteiger partial charge is 0.189 e. The van der Waals surface area contributed by atoms with Crippen molar-refractivity contribution in [3.05, 3.63) is 0 Å². The summed E-state index contributed by atoms with van der Waals surface area (Å²) in [6.07, 6.45) is -5.82. The number of aliphatic hydroxyl groups is 3. The van der Waals surface area contributed by atoms with E-state index in [-0.39, 0.29) is 0 Å². The highest BCUT2D eigenvalue weighted by atomic mass is 19.1. The summed E-state index contributed by atoms with van der Waals surface area (Å²) in [5.41, 5.74) is 0. The van der Waals surface area contributed by atoms with E-state index >= 15 is 0 Å². The van der Waals surface area contributed by atoms with Crippen molar-refractivity contribution in [3.63, 3.8) is 0 Å². The van der Waals surface area contributed by atoms with Gasteiger partial charge in [-0.2, -0.15) is 0 Å². The number of halogens is 1. The molecule has 0 aromatic rings. The first kappa shape index (κ1) is 7.87. The zero-order valence-corrected chi connectivity index (χ0v) is 5.14. The summed E-state index contributed by atoms with van der Waals surface area (Å²) in [6.45, 7) is -0.487. The highest BCUT2D eigenvalue weighted by Gasteiger charge is 2.42. The van der Waals surface area contributed by atoms with Crippen LogP contribution in [0.15, 0.2) is 0 Å². The Morgan fingerprint density at radius 2 is 2.00 bits per heavy atom. The number of hydrogen-bond acceptors (Lipinski definition) is 4. The molecule has 0 radical (unpaired) electrons. The van der Waals surface area contributed by atoms with Crippen LogP contribution in [-0.2, 0) is 4.74 Å². The summed E-state index contributed by atoms with van der Waals surface area (Å²) in [6, 6.07) is 0. The molecule has 1 rings (SSSR count). The molecular formula is C5H9FO4. The van der Waals surface area contributed by atoms with Gasteiger partial charge >= 0.3 is 0 Å². The number of hydrogen-bond donors (Lipinski definition) is 3. The van der Waals surface area contributed by atoms with Crippen LogP contribution < -0.4 is 0 Å². The second kappa shape index (κ2) is 2.79. The Bertz CT molecular complexity index is 120. The van der Waals surface area contributed by atoms with E-state index in [0.29, 0.717) is 0 Å². The van der Waals surface area contributed by atoms with Gasteiger partial charge in [0, 0.05) is 0 Å². The maximum atomic E-state index is 12.4. The first-order valence-corrected chi connectivity index (χ1v) is 2.93. The predicted octanol–water partition coefficient (Wildman–Crippen LogP) is -1.61. The highest BCUT2D eigenvalue weighted by Crippen LogP contribution is 2.21. The van der Waals surface area contributed by atoms with Crippen molar-refractivity contribution >= 4 is 0 Å². The zero-order valence-electron chi connectivity index (χ0n) is 5.14. The lowest BCUT2D eigenvalue weighted by molar-refractivity contribution is -0.121. The molecule has 1 saturated heterocycles. The normalized spacial score (nSPS) is 48.0. The van der Waals surface area contributed by atoms with Crippen LogP contribution in [0.4, 0.5) is 4.39 Å². The number of ether oxygens (including phenoxy) is 1. The molecule has 0 unspecified atom stereocenters. The van der Waals surface area contributed by atoms with Crippen molar-refractivity contribution < 1.29 is 24.4 Å². The molecule has 5 heteroatoms. The summed E-state index contributed by atoms with van der Waals surface area (Å²) in [5.74, 6) is 0. The maximum absolute atomic E-state index is 12.4. The Labute approximate surface area is 56.9 Å². The van der Waals surface area contributed by atoms with Crippen molar-refractivity contribution in [1.82, 2.24) is 0 Å². The number of alkyl halides is 1. The van der Waals surface area contributed by atoms with Gasteiger partial charge in [0.2, 0.25) is 0 Å². The largest absolute Gasteiger partial charge is 0.394 e. The van der Waals surface area contributed by atoms with Gasteiger partial charge in [0.05, 0.1) is 6.61 Å². The van der Waals surface area contributed by atoms with E-state index in [2.05, 4.69) is 4.74 Å². The standard InChI is InChI=1S/C5H9FO4/c6-3-4(8)2(1-7)10-5(3)9/h2-5,7-9H,1H2/t2-,3-,4+,5-/m1/s1. The second-order valence-corrected chi connectivity index (χ2v) is 2.18. The fourth-order valence-corrected chi connectivity index (χ4v) is 0.859. The molecule has 1 aliphatic rings. The molecule has 10 heavy (non-hydrogen) atoms. The Kier molecular flexibility index (Phi) is 2.20. The van der Waals surface area contributed by atoms with E-state index in [4.69, 9.17) is 15.3 Å². The molecule has 0 aromatic heterocycles. The van der Waals surface area contributed by atoms with E-state index in [1.54, 1.807) is 0 Å². The Hall–Kier alpha value is -0.230. The molecule has 0 aliphatic carbocycles. The van der Waals surface area contributed by atoms with Gasteiger partial charge in [-0.25, -0.2) is 4.39 Å². The monoisotopic (exact) mass is 152 g/mol. The van der Waals surface area contributed by atoms with Crippen molar-refractivity contribution in [2.45, 2.75) is 24.7 Å². The lowest BCUT2D eigenvalue weighted by Crippen LogP contribution is -2.30. The van der Waals surface area contributed by atoms with Gasteiger partial charge in [-0.3, -0.25) is 0 Å². The van der Waals surface area contributed by atoms with Gasteiger partial charge in [0.15, 0.2) is 12.5 Å². The van der Waals surface area contributed by atoms with Gasteiger partial charge in [-0.15, -0.1) is 0 Å². The molecular weight excluding hydrogens is 143 g/mol. The average molecular weight is 152 g/mol. The van der Waals surface area contributed by atoms with Crippen LogP contribution in [-0.4, -0.2) is 46.6 Å². The first-order valence-electron chi connectivity index (χ1n) is 2.93. The minimum atomic E-state index is -1.81. The van der Waals surface area contributed by atoms with Crippen molar-refractivity contribution in [2.24, 2.45) is 0 Å². The lowest BCUT2D eigenvalue weighted by Gasteiger charge is -2.08. The molecule has 4 nitrogen and oxygen atoms in total. The summed E-state index contributed by atoms with van der Waals surface area (Å²) < 4.78 is 16.8. The Balaban J connectivity index is 2.53. The molecule has 4 atom stereocenters. The van der Waals surface area contributed by atoms with Gasteiger partial charge in [0.25, 0.3) is 0 Å². The quantitative estimate of drug-likeness (QED) is 0.423. The molecule has 1 fully saturated rings. The minimum Gasteiger partial charge on any atom is -0.394 e. The van der Waals surface area contributed by atoms with E-state index in [0.717, 1.165) is 0 Å². The third-order valence-electron chi connectivity index (χ3n) is 1.47. The van der Waals surface area contributed by atoms with Crippen LogP contribution >= 0.6 is 0 Å². The van der Waals surface area contributed by atoms with Crippen LogP contribution in [0.25, 0.3) is 0 Å². The van der Waals surface area contributed by atoms with Crippen molar-refractivity contribution in [3.8, 4) is 0 Å². The molecule has 0 saturated carbocycles. The van der Waals surface area contributed by atoms with Gasteiger partial charge in [0.1, 0.15) is 12.2 Å². The molecule has 1 heterocycles. The van der Waals surface area contributed by atoms with E-state index in [1.807, 2.05) is 0 Å². The van der Waals surface area contributed by atoms with Gasteiger partial charge in [-0.05, 0) is 0 Å². The van der Waals surface area contributed by atoms with Crippen LogP contribution in [0.3, 0.4) is 0 Å². The highest BCUT2D eigenvalue weighted by molar-refractivity contribution is 4.85. The molecule has 0 amide bonds. The maximum Gasteiger partial charge on any atom is 0.189 e. The summed E-state index contributed by atoms with van der Waals surface area (Å²) >= 11 is 0. The van der Waals surface area contributed by atoms with Crippen molar-refractivity contribution in [2.75, 3.05) is 6.61 Å². The van der Waals surface area contributed by atoms with Gasteiger partial charge in [-0.1, -0.05) is 0 Å². The fraction of sp³-hybridized carbons (Fsp3) is 1.00. The van der Waals surface area contributed by atoms with Gasteiger partial charge < -0.3 is 20.1 Å². The average Bonchev–Trinajstić information content (AvgIpc) is 2.17. The SMILES string of the molecule is OC[C@H]1O[C@@H](O)[C@H](F)[C@H]1O. The van der Waals surface area contributed by atoms with E-state index in [1.165, 1.54) is 0 Å². The second-order valence-electron chi connectivity index (χ2n) is 2.18. The molecule has 3 N–H and O–H groups in total. The summed E-state index contributed by atoms with van der Waals surface area (Å²) in [4.78, 5) is 0. The number of aliphatic hydroxyl groups excluding tert-OH is 3. The van der Waals surface area contributed by atoms with Crippen LogP contribution in [0, 0.1) is 0 Å². The Morgan fingerprint density at radius 3 is 2.20 bits per heavy atom. The molecule has 1 aliphatic heterocycles. The lowest BCUT2D eigenvalue weighted by atomic mass is 10.2. The predicted molar refractivity (Wildman–Crippen MR) is 28.9 cm³/mol. The third kappa shape index (κ3) is 1.13. The number of rotatable bonds is 1. The molecule has 60 valence electrons. The van der Waals surface area contributed by atoms with E-state index < -0.39 is 31.3 Å². The molecule has 0 spiro atoms. The van der Waals surface area contributed by atoms with Crippen molar-refractivity contribution in [1.29, 1.82) is 0 Å². The molecule has 0 bridgehead atoms. The summed E-state index contributed by atoms with van der Waals surface area (Å²) in [7, 11) is 0. The molecule has 0 aromatic carbocycles. The van der Waals surface area contributed by atoms with Crippen LogP contribution in [0.1, 0.15) is 0 Å². The minimum absolute atomic E-state index is 0.487. The fourth-order valence-electron chi connectivity index (χ4n) is 0.859. The third-order valence-corrected chi connectivity index (χ3v) is 1.47. The topological polar surface area (TPSA) is 69.9 Å². The van der Waals surface area contributed by atoms with Crippen LogP contribution in [0.5, 0.6) is 0 Å². The zero-order chi connectivity index (χ0) is 7.72. The first-order chi connectivity index (χ1) is 4.66. The summed E-state index contributed by atoms with van der Waals surface area (Å²) in [5, 5.41) is 25.8.